The van der Waals surface area contributed by atoms with Gasteiger partial charge in [-0.3, -0.25) is 9.52 Å². The molecule has 0 saturated carbocycles. The minimum Gasteiger partial charge on any atom is -0.495 e. The average molecular weight is 498 g/mol. The molecule has 2 aromatic rings. The fraction of sp³-hybridized carbons (Fsp3) is 0.278. The van der Waals surface area contributed by atoms with Crippen molar-refractivity contribution < 1.29 is 27.4 Å². The zero-order valence-electron chi connectivity index (χ0n) is 16.2. The van der Waals surface area contributed by atoms with Crippen LogP contribution in [0.25, 0.3) is 0 Å². The Labute approximate surface area is 189 Å². The van der Waals surface area contributed by atoms with Crippen molar-refractivity contribution >= 4 is 56.4 Å². The molecule has 0 heterocycles. The summed E-state index contributed by atoms with van der Waals surface area (Å²) in [5, 5.41) is 2.56. The third kappa shape index (κ3) is 5.61. The Hall–Kier alpha value is -1.91. The number of carbonyl (C=O) groups excluding carboxylic acids is 1. The SMILES string of the molecule is COCCNC(=O)c1cc(S(=O)(=O)Nc2cc(Cl)c(OC)cc2OC)c(Cl)cc1Cl. The highest BCUT2D eigenvalue weighted by molar-refractivity contribution is 7.92. The van der Waals surface area contributed by atoms with Crippen molar-refractivity contribution in [3.05, 3.63) is 44.9 Å². The lowest BCUT2D eigenvalue weighted by molar-refractivity contribution is 0.0937. The van der Waals surface area contributed by atoms with Crippen LogP contribution in [0.3, 0.4) is 0 Å². The minimum atomic E-state index is -4.24. The summed E-state index contributed by atoms with van der Waals surface area (Å²) in [6.45, 7) is 0.498. The average Bonchev–Trinajstić information content (AvgIpc) is 2.67. The first-order valence-corrected chi connectivity index (χ1v) is 11.0. The Morgan fingerprint density at radius 3 is 2.20 bits per heavy atom. The van der Waals surface area contributed by atoms with Crippen molar-refractivity contribution in [1.29, 1.82) is 0 Å². The fourth-order valence-electron chi connectivity index (χ4n) is 2.41. The number of nitrogens with one attached hydrogen (secondary N) is 2. The molecule has 0 bridgehead atoms. The summed E-state index contributed by atoms with van der Waals surface area (Å²) in [7, 11) is 0.0212. The van der Waals surface area contributed by atoms with Crippen LogP contribution in [0.5, 0.6) is 11.5 Å². The number of anilines is 1. The molecule has 0 atom stereocenters. The highest BCUT2D eigenvalue weighted by Crippen LogP contribution is 2.38. The molecule has 12 heteroatoms. The van der Waals surface area contributed by atoms with Crippen LogP contribution in [0, 0.1) is 0 Å². The molecule has 0 aliphatic heterocycles. The maximum atomic E-state index is 13.0. The van der Waals surface area contributed by atoms with Gasteiger partial charge in [-0.05, 0) is 18.2 Å². The topological polar surface area (TPSA) is 103 Å². The predicted molar refractivity (Wildman–Crippen MR) is 116 cm³/mol. The molecule has 0 unspecified atom stereocenters. The zero-order valence-corrected chi connectivity index (χ0v) is 19.3. The van der Waals surface area contributed by atoms with Gasteiger partial charge in [0.1, 0.15) is 16.4 Å². The third-order valence-electron chi connectivity index (χ3n) is 3.87. The zero-order chi connectivity index (χ0) is 22.5. The van der Waals surface area contributed by atoms with Gasteiger partial charge in [0.15, 0.2) is 0 Å². The second-order valence-electron chi connectivity index (χ2n) is 5.80. The van der Waals surface area contributed by atoms with E-state index in [1.165, 1.54) is 39.5 Å². The van der Waals surface area contributed by atoms with Gasteiger partial charge in [-0.1, -0.05) is 34.8 Å². The molecule has 0 saturated heterocycles. The van der Waals surface area contributed by atoms with E-state index < -0.39 is 15.9 Å². The van der Waals surface area contributed by atoms with E-state index in [0.29, 0.717) is 5.75 Å². The molecule has 2 aromatic carbocycles. The lowest BCUT2D eigenvalue weighted by atomic mass is 10.2. The summed E-state index contributed by atoms with van der Waals surface area (Å²) in [6, 6.07) is 5.03. The third-order valence-corrected chi connectivity index (χ3v) is 6.30. The quantitative estimate of drug-likeness (QED) is 0.510. The Morgan fingerprint density at radius 2 is 1.60 bits per heavy atom. The van der Waals surface area contributed by atoms with Gasteiger partial charge in [0.25, 0.3) is 15.9 Å². The maximum Gasteiger partial charge on any atom is 0.263 e. The highest BCUT2D eigenvalue weighted by atomic mass is 35.5. The summed E-state index contributed by atoms with van der Waals surface area (Å²) in [5.74, 6) is -0.103. The van der Waals surface area contributed by atoms with Gasteiger partial charge < -0.3 is 19.5 Å². The Kier molecular flexibility index (Phi) is 8.45. The van der Waals surface area contributed by atoms with E-state index in [-0.39, 0.29) is 50.1 Å². The molecule has 0 aliphatic rings. The van der Waals surface area contributed by atoms with E-state index in [2.05, 4.69) is 10.0 Å². The number of ether oxygens (including phenoxy) is 3. The number of hydrogen-bond acceptors (Lipinski definition) is 6. The smallest absolute Gasteiger partial charge is 0.263 e. The van der Waals surface area contributed by atoms with Crippen molar-refractivity contribution in [2.75, 3.05) is 39.2 Å². The fourth-order valence-corrected chi connectivity index (χ4v) is 4.57. The van der Waals surface area contributed by atoms with E-state index >= 15 is 0 Å². The number of amides is 1. The second kappa shape index (κ2) is 10.4. The summed E-state index contributed by atoms with van der Waals surface area (Å²) in [5.41, 5.74) is -0.00214. The number of benzene rings is 2. The molecule has 0 radical (unpaired) electrons. The highest BCUT2D eigenvalue weighted by Gasteiger charge is 2.24. The van der Waals surface area contributed by atoms with Crippen molar-refractivity contribution in [3.63, 3.8) is 0 Å². The number of methoxy groups -OCH3 is 3. The van der Waals surface area contributed by atoms with Crippen LogP contribution in [-0.4, -0.2) is 48.8 Å². The molecular formula is C18H19Cl3N2O6S. The van der Waals surface area contributed by atoms with Gasteiger partial charge in [0.05, 0.1) is 47.1 Å². The maximum absolute atomic E-state index is 13.0. The van der Waals surface area contributed by atoms with Gasteiger partial charge in [0.2, 0.25) is 0 Å². The molecule has 0 fully saturated rings. The predicted octanol–water partition coefficient (Wildman–Crippen LogP) is 3.84. The molecule has 0 aliphatic carbocycles. The molecule has 0 aromatic heterocycles. The van der Waals surface area contributed by atoms with E-state index in [0.717, 1.165) is 6.07 Å². The molecule has 2 rings (SSSR count). The number of hydrogen-bond donors (Lipinski definition) is 2. The van der Waals surface area contributed by atoms with Crippen LogP contribution in [-0.2, 0) is 14.8 Å². The molecule has 0 spiro atoms. The largest absolute Gasteiger partial charge is 0.495 e. The van der Waals surface area contributed by atoms with Crippen LogP contribution in [0.1, 0.15) is 10.4 Å². The van der Waals surface area contributed by atoms with Gasteiger partial charge in [0, 0.05) is 19.7 Å². The molecule has 2 N–H and O–H groups in total. The Morgan fingerprint density at radius 1 is 0.933 bits per heavy atom. The monoisotopic (exact) mass is 496 g/mol. The number of sulfonamides is 1. The molecule has 8 nitrogen and oxygen atoms in total. The van der Waals surface area contributed by atoms with Gasteiger partial charge in [-0.15, -0.1) is 0 Å². The molecule has 30 heavy (non-hydrogen) atoms. The normalized spacial score (nSPS) is 11.1. The summed E-state index contributed by atoms with van der Waals surface area (Å²) in [6.07, 6.45) is 0. The summed E-state index contributed by atoms with van der Waals surface area (Å²) < 4.78 is 43.5. The molecular weight excluding hydrogens is 479 g/mol. The second-order valence-corrected chi connectivity index (χ2v) is 8.68. The van der Waals surface area contributed by atoms with Crippen LogP contribution in [0.2, 0.25) is 15.1 Å². The Bertz CT molecular complexity index is 1050. The van der Waals surface area contributed by atoms with Crippen LogP contribution in [0.4, 0.5) is 5.69 Å². The van der Waals surface area contributed by atoms with E-state index in [1.54, 1.807) is 0 Å². The standard InChI is InChI=1S/C18H19Cl3N2O6S/c1-27-5-4-22-18(24)10-6-17(13(21)7-11(10)19)30(25,26)23-14-8-12(20)15(28-2)9-16(14)29-3/h6-9,23H,4-5H2,1-3H3,(H,22,24). The first kappa shape index (κ1) is 24.4. The number of rotatable bonds is 9. The Balaban J connectivity index is 2.44. The van der Waals surface area contributed by atoms with E-state index in [1.807, 2.05) is 0 Å². The van der Waals surface area contributed by atoms with Crippen molar-refractivity contribution in [3.8, 4) is 11.5 Å². The van der Waals surface area contributed by atoms with Gasteiger partial charge in [-0.25, -0.2) is 8.42 Å². The number of carbonyl (C=O) groups is 1. The first-order valence-electron chi connectivity index (χ1n) is 8.35. The summed E-state index contributed by atoms with van der Waals surface area (Å²) in [4.78, 5) is 12.0. The molecule has 164 valence electrons. The first-order chi connectivity index (χ1) is 14.1. The lowest BCUT2D eigenvalue weighted by Crippen LogP contribution is -2.27. The van der Waals surface area contributed by atoms with Crippen molar-refractivity contribution in [2.45, 2.75) is 4.90 Å². The lowest BCUT2D eigenvalue weighted by Gasteiger charge is -2.16. The van der Waals surface area contributed by atoms with Crippen LogP contribution < -0.4 is 19.5 Å². The number of halogens is 3. The van der Waals surface area contributed by atoms with Crippen LogP contribution in [0.15, 0.2) is 29.2 Å². The van der Waals surface area contributed by atoms with E-state index in [4.69, 9.17) is 49.0 Å². The van der Waals surface area contributed by atoms with Gasteiger partial charge >= 0.3 is 0 Å². The van der Waals surface area contributed by atoms with Gasteiger partial charge in [-0.2, -0.15) is 0 Å². The minimum absolute atomic E-state index is 0.000982. The summed E-state index contributed by atoms with van der Waals surface area (Å²) >= 11 is 18.3. The molecule has 1 amide bonds. The van der Waals surface area contributed by atoms with Crippen molar-refractivity contribution in [2.24, 2.45) is 0 Å². The van der Waals surface area contributed by atoms with Crippen molar-refractivity contribution in [1.82, 2.24) is 5.32 Å². The van der Waals surface area contributed by atoms with E-state index in [9.17, 15) is 13.2 Å². The van der Waals surface area contributed by atoms with Crippen LogP contribution >= 0.6 is 34.8 Å².